The Morgan fingerprint density at radius 3 is 2.39 bits per heavy atom. The molecule has 8 nitrogen and oxygen atoms in total. The molecule has 0 bridgehead atoms. The van der Waals surface area contributed by atoms with E-state index < -0.39 is 10.0 Å². The number of unbranched alkanes of at least 4 members (excludes halogenated alkanes) is 1. The molecule has 0 aliphatic carbocycles. The molecule has 0 saturated carbocycles. The van der Waals surface area contributed by atoms with Gasteiger partial charge in [-0.05, 0) is 47.9 Å². The molecule has 0 atom stereocenters. The number of benzene rings is 2. The maximum absolute atomic E-state index is 13.0. The van der Waals surface area contributed by atoms with Crippen LogP contribution in [0.3, 0.4) is 0 Å². The first-order valence-electron chi connectivity index (χ1n) is 9.82. The zero-order valence-electron chi connectivity index (χ0n) is 17.0. The Labute approximate surface area is 193 Å². The molecule has 1 aliphatic heterocycles. The van der Waals surface area contributed by atoms with Gasteiger partial charge in [-0.25, -0.2) is 8.42 Å². The fourth-order valence-electron chi connectivity index (χ4n) is 3.46. The van der Waals surface area contributed by atoms with Crippen molar-refractivity contribution in [3.63, 3.8) is 0 Å². The molecule has 0 unspecified atom stereocenters. The molecule has 1 saturated heterocycles. The van der Waals surface area contributed by atoms with Crippen molar-refractivity contribution in [1.29, 1.82) is 5.41 Å². The zero-order valence-corrected chi connectivity index (χ0v) is 19.4. The second-order valence-electron chi connectivity index (χ2n) is 7.24. The Morgan fingerprint density at radius 1 is 1.06 bits per heavy atom. The van der Waals surface area contributed by atoms with Crippen molar-refractivity contribution in [3.05, 3.63) is 41.4 Å². The van der Waals surface area contributed by atoms with Gasteiger partial charge in [0.05, 0.1) is 4.90 Å². The normalized spacial score (nSPS) is 14.8. The van der Waals surface area contributed by atoms with Gasteiger partial charge in [-0.15, -0.1) is 12.4 Å². The number of piperazine rings is 1. The van der Waals surface area contributed by atoms with E-state index in [2.05, 4.69) is 5.32 Å². The molecule has 2 aromatic rings. The van der Waals surface area contributed by atoms with Gasteiger partial charge in [0.2, 0.25) is 15.9 Å². The van der Waals surface area contributed by atoms with Gasteiger partial charge in [-0.2, -0.15) is 4.31 Å². The van der Waals surface area contributed by atoms with E-state index >= 15 is 0 Å². The second-order valence-corrected chi connectivity index (χ2v) is 9.61. The molecule has 31 heavy (non-hydrogen) atoms. The summed E-state index contributed by atoms with van der Waals surface area (Å²) in [7, 11) is -3.62. The molecular formula is C20H27Cl2N5O3S. The summed E-state index contributed by atoms with van der Waals surface area (Å²) in [6, 6.07) is 10.4. The average Bonchev–Trinajstić information content (AvgIpc) is 2.72. The lowest BCUT2D eigenvalue weighted by Crippen LogP contribution is -2.50. The number of hydrogen-bond donors (Lipinski definition) is 3. The molecule has 0 radical (unpaired) electrons. The summed E-state index contributed by atoms with van der Waals surface area (Å²) in [6.07, 6.45) is 1.84. The van der Waals surface area contributed by atoms with Crippen molar-refractivity contribution in [2.24, 2.45) is 5.73 Å². The Bertz CT molecular complexity index is 1040. The maximum atomic E-state index is 13.0. The van der Waals surface area contributed by atoms with E-state index in [0.29, 0.717) is 37.5 Å². The van der Waals surface area contributed by atoms with Gasteiger partial charge >= 0.3 is 0 Å². The Hall–Kier alpha value is -2.07. The van der Waals surface area contributed by atoms with Crippen LogP contribution in [-0.2, 0) is 14.8 Å². The van der Waals surface area contributed by atoms with E-state index in [9.17, 15) is 13.2 Å². The third-order valence-corrected chi connectivity index (χ3v) is 7.27. The van der Waals surface area contributed by atoms with Crippen molar-refractivity contribution in [2.75, 3.05) is 32.7 Å². The molecule has 1 amide bonds. The molecule has 0 aromatic heterocycles. The summed E-state index contributed by atoms with van der Waals surface area (Å²) in [5, 5.41) is 12.1. The van der Waals surface area contributed by atoms with E-state index in [-0.39, 0.29) is 42.3 Å². The number of rotatable bonds is 7. The number of carbonyl (C=O) groups is 1. The Morgan fingerprint density at radius 2 is 1.71 bits per heavy atom. The van der Waals surface area contributed by atoms with Gasteiger partial charge in [0.25, 0.3) is 0 Å². The first-order valence-corrected chi connectivity index (χ1v) is 11.6. The van der Waals surface area contributed by atoms with Crippen molar-refractivity contribution >= 4 is 56.7 Å². The van der Waals surface area contributed by atoms with Crippen LogP contribution in [0.15, 0.2) is 41.3 Å². The SMILES string of the molecule is Cl.N=C(N)NCCCCC(=O)N1CCN(S(=O)(=O)c2ccc3cc(Cl)ccc3c2)CC1. The number of guanidine groups is 1. The molecule has 0 spiro atoms. The first-order chi connectivity index (χ1) is 14.3. The van der Waals surface area contributed by atoms with Crippen molar-refractivity contribution in [3.8, 4) is 0 Å². The van der Waals surface area contributed by atoms with Crippen molar-refractivity contribution < 1.29 is 13.2 Å². The summed E-state index contributed by atoms with van der Waals surface area (Å²) in [5.41, 5.74) is 5.21. The number of amides is 1. The quantitative estimate of drug-likeness (QED) is 0.314. The summed E-state index contributed by atoms with van der Waals surface area (Å²) in [5.74, 6) is -0.0497. The molecule has 1 heterocycles. The van der Waals surface area contributed by atoms with Gasteiger partial charge in [0, 0.05) is 44.2 Å². The van der Waals surface area contributed by atoms with E-state index in [1.807, 2.05) is 0 Å². The van der Waals surface area contributed by atoms with Crippen LogP contribution in [0.2, 0.25) is 5.02 Å². The van der Waals surface area contributed by atoms with E-state index in [1.54, 1.807) is 41.3 Å². The standard InChI is InChI=1S/C20H26ClN5O3S.ClH/c21-17-6-4-16-14-18(7-5-15(16)13-17)30(28,29)26-11-9-25(10-12-26)19(27)3-1-2-8-24-20(22)23;/h4-7,13-14H,1-3,8-12H2,(H4,22,23,24);1H. The van der Waals surface area contributed by atoms with Crippen LogP contribution in [0, 0.1) is 5.41 Å². The third-order valence-electron chi connectivity index (χ3n) is 5.14. The predicted molar refractivity (Wildman–Crippen MR) is 125 cm³/mol. The molecule has 170 valence electrons. The predicted octanol–water partition coefficient (Wildman–Crippen LogP) is 2.40. The lowest BCUT2D eigenvalue weighted by Gasteiger charge is -2.34. The van der Waals surface area contributed by atoms with Gasteiger partial charge in [0.15, 0.2) is 5.96 Å². The minimum Gasteiger partial charge on any atom is -0.370 e. The van der Waals surface area contributed by atoms with Crippen LogP contribution < -0.4 is 11.1 Å². The van der Waals surface area contributed by atoms with Gasteiger partial charge in [-0.1, -0.05) is 23.7 Å². The minimum absolute atomic E-state index is 0. The Balaban J connectivity index is 0.00000341. The number of sulfonamides is 1. The molecule has 2 aromatic carbocycles. The number of fused-ring (bicyclic) bond motifs is 1. The third kappa shape index (κ3) is 6.46. The lowest BCUT2D eigenvalue weighted by molar-refractivity contribution is -0.132. The topological polar surface area (TPSA) is 120 Å². The fourth-order valence-corrected chi connectivity index (χ4v) is 5.10. The van der Waals surface area contributed by atoms with Crippen molar-refractivity contribution in [2.45, 2.75) is 24.2 Å². The zero-order chi connectivity index (χ0) is 21.7. The number of nitrogens with zero attached hydrogens (tertiary/aromatic N) is 2. The van der Waals surface area contributed by atoms with E-state index in [4.69, 9.17) is 22.7 Å². The smallest absolute Gasteiger partial charge is 0.243 e. The second kappa shape index (κ2) is 11.0. The number of nitrogens with two attached hydrogens (primary N) is 1. The molecule has 4 N–H and O–H groups in total. The molecule has 11 heteroatoms. The van der Waals surface area contributed by atoms with Crippen LogP contribution in [0.1, 0.15) is 19.3 Å². The van der Waals surface area contributed by atoms with Crippen LogP contribution in [0.4, 0.5) is 0 Å². The maximum Gasteiger partial charge on any atom is 0.243 e. The first kappa shape index (κ1) is 25.2. The van der Waals surface area contributed by atoms with Gasteiger partial charge in [-0.3, -0.25) is 10.2 Å². The van der Waals surface area contributed by atoms with Crippen LogP contribution >= 0.6 is 24.0 Å². The van der Waals surface area contributed by atoms with Crippen LogP contribution in [-0.4, -0.2) is 62.2 Å². The van der Waals surface area contributed by atoms with E-state index in [0.717, 1.165) is 17.2 Å². The summed E-state index contributed by atoms with van der Waals surface area (Å²) in [4.78, 5) is 14.3. The fraction of sp³-hybridized carbons (Fsp3) is 0.400. The minimum atomic E-state index is -3.62. The van der Waals surface area contributed by atoms with Gasteiger partial charge in [0.1, 0.15) is 0 Å². The highest BCUT2D eigenvalue weighted by molar-refractivity contribution is 7.89. The highest BCUT2D eigenvalue weighted by atomic mass is 35.5. The van der Waals surface area contributed by atoms with Crippen LogP contribution in [0.25, 0.3) is 10.8 Å². The molecule has 1 aliphatic rings. The van der Waals surface area contributed by atoms with Crippen LogP contribution in [0.5, 0.6) is 0 Å². The number of nitrogens with one attached hydrogen (secondary N) is 2. The number of hydrogen-bond acceptors (Lipinski definition) is 4. The molecule has 3 rings (SSSR count). The monoisotopic (exact) mass is 487 g/mol. The largest absolute Gasteiger partial charge is 0.370 e. The highest BCUT2D eigenvalue weighted by Gasteiger charge is 2.30. The van der Waals surface area contributed by atoms with E-state index in [1.165, 1.54) is 4.31 Å². The molecule has 1 fully saturated rings. The highest BCUT2D eigenvalue weighted by Crippen LogP contribution is 2.25. The number of carbonyl (C=O) groups excluding carboxylic acids is 1. The summed E-state index contributed by atoms with van der Waals surface area (Å²) < 4.78 is 27.5. The molecular weight excluding hydrogens is 461 g/mol. The average molecular weight is 488 g/mol. The lowest BCUT2D eigenvalue weighted by atomic mass is 10.1. The summed E-state index contributed by atoms with van der Waals surface area (Å²) in [6.45, 7) is 1.88. The summed E-state index contributed by atoms with van der Waals surface area (Å²) >= 11 is 5.99. The number of halogens is 2. The van der Waals surface area contributed by atoms with Gasteiger partial charge < -0.3 is 16.0 Å². The van der Waals surface area contributed by atoms with Crippen molar-refractivity contribution in [1.82, 2.24) is 14.5 Å². The Kier molecular flexibility index (Phi) is 8.93.